The van der Waals surface area contributed by atoms with E-state index in [1.165, 1.54) is 0 Å². The third-order valence-electron chi connectivity index (χ3n) is 4.04. The Kier molecular flexibility index (Phi) is 3.62. The maximum absolute atomic E-state index is 12.5. The summed E-state index contributed by atoms with van der Waals surface area (Å²) in [6.07, 6.45) is 2.33. The van der Waals surface area contributed by atoms with E-state index in [0.717, 1.165) is 6.42 Å². The maximum atomic E-state index is 12.5. The molecule has 0 amide bonds. The molecule has 4 nitrogen and oxygen atoms in total. The maximum Gasteiger partial charge on any atom is 0.197 e. The molecule has 5 heteroatoms. The summed E-state index contributed by atoms with van der Waals surface area (Å²) in [5.74, 6) is 0.503. The van der Waals surface area contributed by atoms with E-state index in [2.05, 4.69) is 0 Å². The van der Waals surface area contributed by atoms with Crippen LogP contribution in [0.4, 0.5) is 0 Å². The van der Waals surface area contributed by atoms with E-state index in [1.54, 1.807) is 42.5 Å². The topological polar surface area (TPSA) is 52.6 Å². The van der Waals surface area contributed by atoms with Crippen LogP contribution in [0.15, 0.2) is 42.0 Å². The van der Waals surface area contributed by atoms with E-state index in [9.17, 15) is 9.59 Å². The highest BCUT2D eigenvalue weighted by Gasteiger charge is 2.32. The highest BCUT2D eigenvalue weighted by atomic mass is 35.5. The van der Waals surface area contributed by atoms with Crippen molar-refractivity contribution in [1.82, 2.24) is 0 Å². The van der Waals surface area contributed by atoms with E-state index in [0.29, 0.717) is 46.4 Å². The fourth-order valence-electron chi connectivity index (χ4n) is 2.90. The van der Waals surface area contributed by atoms with E-state index < -0.39 is 0 Å². The summed E-state index contributed by atoms with van der Waals surface area (Å²) in [7, 11) is 0. The molecule has 4 rings (SSSR count). The quantitative estimate of drug-likeness (QED) is 0.582. The number of carbonyl (C=O) groups is 2. The molecule has 0 radical (unpaired) electrons. The number of halogens is 1. The Morgan fingerprint density at radius 2 is 1.62 bits per heavy atom. The van der Waals surface area contributed by atoms with Crippen molar-refractivity contribution in [3.63, 3.8) is 0 Å². The zero-order chi connectivity index (χ0) is 16.7. The molecule has 0 N–H and O–H groups in total. The smallest absolute Gasteiger partial charge is 0.197 e. The number of fused-ring (bicyclic) bond motifs is 2. The molecule has 0 atom stereocenters. The van der Waals surface area contributed by atoms with Crippen LogP contribution in [0.3, 0.4) is 0 Å². The lowest BCUT2D eigenvalue weighted by molar-refractivity contribution is 0.0990. The Morgan fingerprint density at radius 3 is 2.33 bits per heavy atom. The predicted octanol–water partition coefficient (Wildman–Crippen LogP) is 3.96. The molecule has 0 bridgehead atoms. The number of Topliss-reactive ketones (excluding diaryl/α,β-unsaturated/α-hetero) is 2. The van der Waals surface area contributed by atoms with Gasteiger partial charge in [0.2, 0.25) is 0 Å². The number of ether oxygens (including phenoxy) is 2. The Bertz CT molecular complexity index is 861. The second-order valence-electron chi connectivity index (χ2n) is 5.64. The highest BCUT2D eigenvalue weighted by molar-refractivity contribution is 6.41. The van der Waals surface area contributed by atoms with Gasteiger partial charge in [0, 0.05) is 17.5 Å². The van der Waals surface area contributed by atoms with Crippen LogP contribution in [0, 0.1) is 0 Å². The third-order valence-corrected chi connectivity index (χ3v) is 4.32. The summed E-state index contributed by atoms with van der Waals surface area (Å²) >= 11 is 6.26. The first kappa shape index (κ1) is 15.0. The first-order chi connectivity index (χ1) is 11.6. The van der Waals surface area contributed by atoms with Crippen LogP contribution in [0.1, 0.15) is 32.7 Å². The SMILES string of the molecule is O=C1C(=Cc2cc(Cl)c3c(c2)OCCCO3)C(=O)c2ccccc21. The molecule has 2 aliphatic rings. The van der Waals surface area contributed by atoms with Crippen molar-refractivity contribution in [2.24, 2.45) is 0 Å². The lowest BCUT2D eigenvalue weighted by Crippen LogP contribution is -2.00. The Hall–Kier alpha value is -2.59. The Labute approximate surface area is 143 Å². The van der Waals surface area contributed by atoms with Gasteiger partial charge in [0.25, 0.3) is 0 Å². The van der Waals surface area contributed by atoms with Crippen molar-refractivity contribution in [3.05, 3.63) is 63.7 Å². The second kappa shape index (κ2) is 5.80. The number of hydrogen-bond acceptors (Lipinski definition) is 4. The molecule has 1 aliphatic carbocycles. The second-order valence-corrected chi connectivity index (χ2v) is 6.05. The molecule has 0 fully saturated rings. The van der Waals surface area contributed by atoms with Crippen molar-refractivity contribution in [1.29, 1.82) is 0 Å². The highest BCUT2D eigenvalue weighted by Crippen LogP contribution is 2.39. The number of hydrogen-bond donors (Lipinski definition) is 0. The van der Waals surface area contributed by atoms with Crippen LogP contribution in [-0.4, -0.2) is 24.8 Å². The molecule has 0 spiro atoms. The van der Waals surface area contributed by atoms with Crippen molar-refractivity contribution >= 4 is 29.2 Å². The third kappa shape index (κ3) is 2.39. The molecular weight excluding hydrogens is 328 g/mol. The molecule has 0 saturated carbocycles. The standard InChI is InChI=1S/C19H13ClO4/c20-15-9-11(10-16-19(15)24-7-3-6-23-16)8-14-17(21)12-4-1-2-5-13(12)18(14)22/h1-2,4-5,8-10H,3,6-7H2. The van der Waals surface area contributed by atoms with Crippen molar-refractivity contribution in [2.75, 3.05) is 13.2 Å². The first-order valence-corrected chi connectivity index (χ1v) is 8.02. The fourth-order valence-corrected chi connectivity index (χ4v) is 3.18. The Balaban J connectivity index is 1.77. The summed E-state index contributed by atoms with van der Waals surface area (Å²) in [6, 6.07) is 10.2. The van der Waals surface area contributed by atoms with E-state index in [-0.39, 0.29) is 17.1 Å². The summed E-state index contributed by atoms with van der Waals surface area (Å²) in [4.78, 5) is 24.9. The van der Waals surface area contributed by atoms with Gasteiger partial charge in [-0.25, -0.2) is 0 Å². The zero-order valence-electron chi connectivity index (χ0n) is 12.7. The molecule has 120 valence electrons. The molecule has 2 aromatic carbocycles. The van der Waals surface area contributed by atoms with Gasteiger partial charge in [-0.15, -0.1) is 0 Å². The average molecular weight is 341 g/mol. The van der Waals surface area contributed by atoms with Crippen molar-refractivity contribution < 1.29 is 19.1 Å². The number of carbonyl (C=O) groups excluding carboxylic acids is 2. The normalized spacial score (nSPS) is 16.0. The van der Waals surface area contributed by atoms with Crippen molar-refractivity contribution in [3.8, 4) is 11.5 Å². The molecule has 1 heterocycles. The molecule has 0 saturated heterocycles. The zero-order valence-corrected chi connectivity index (χ0v) is 13.4. The van der Waals surface area contributed by atoms with Gasteiger partial charge in [0.15, 0.2) is 23.1 Å². The van der Waals surface area contributed by atoms with Crippen molar-refractivity contribution in [2.45, 2.75) is 6.42 Å². The summed E-state index contributed by atoms with van der Waals surface area (Å²) in [5.41, 5.74) is 1.65. The van der Waals surface area contributed by atoms with Crippen LogP contribution < -0.4 is 9.47 Å². The van der Waals surface area contributed by atoms with Crippen LogP contribution in [0.2, 0.25) is 5.02 Å². The first-order valence-electron chi connectivity index (χ1n) is 7.64. The van der Waals surface area contributed by atoms with Gasteiger partial charge in [0.05, 0.1) is 23.8 Å². The number of allylic oxidation sites excluding steroid dienone is 1. The average Bonchev–Trinajstić information content (AvgIpc) is 2.76. The van der Waals surface area contributed by atoms with Gasteiger partial charge in [-0.2, -0.15) is 0 Å². The minimum Gasteiger partial charge on any atom is -0.489 e. The van der Waals surface area contributed by atoms with Gasteiger partial charge in [-0.05, 0) is 23.8 Å². The van der Waals surface area contributed by atoms with E-state index >= 15 is 0 Å². The van der Waals surface area contributed by atoms with Crippen LogP contribution >= 0.6 is 11.6 Å². The van der Waals surface area contributed by atoms with Gasteiger partial charge < -0.3 is 9.47 Å². The molecular formula is C19H13ClO4. The van der Waals surface area contributed by atoms with Gasteiger partial charge in [-0.3, -0.25) is 9.59 Å². The number of benzene rings is 2. The molecule has 24 heavy (non-hydrogen) atoms. The van der Waals surface area contributed by atoms with Crippen LogP contribution in [0.5, 0.6) is 11.5 Å². The van der Waals surface area contributed by atoms with E-state index in [1.807, 2.05) is 0 Å². The molecule has 1 aliphatic heterocycles. The minimum atomic E-state index is -0.265. The van der Waals surface area contributed by atoms with Gasteiger partial charge >= 0.3 is 0 Å². The van der Waals surface area contributed by atoms with Gasteiger partial charge in [-0.1, -0.05) is 35.9 Å². The van der Waals surface area contributed by atoms with Crippen LogP contribution in [-0.2, 0) is 0 Å². The molecule has 0 aromatic heterocycles. The lowest BCUT2D eigenvalue weighted by atomic mass is 10.1. The predicted molar refractivity (Wildman–Crippen MR) is 90.1 cm³/mol. The summed E-state index contributed by atoms with van der Waals surface area (Å²) in [6.45, 7) is 1.08. The van der Waals surface area contributed by atoms with Crippen LogP contribution in [0.25, 0.3) is 6.08 Å². The molecule has 2 aromatic rings. The molecule has 0 unspecified atom stereocenters. The monoisotopic (exact) mass is 340 g/mol. The fraction of sp³-hybridized carbons (Fsp3) is 0.158. The van der Waals surface area contributed by atoms with E-state index in [4.69, 9.17) is 21.1 Å². The summed E-state index contributed by atoms with van der Waals surface area (Å²) < 4.78 is 11.2. The largest absolute Gasteiger partial charge is 0.489 e. The summed E-state index contributed by atoms with van der Waals surface area (Å²) in [5, 5.41) is 0.400. The lowest BCUT2D eigenvalue weighted by Gasteiger charge is -2.10. The number of ketones is 2. The van der Waals surface area contributed by atoms with Gasteiger partial charge in [0.1, 0.15) is 0 Å². The minimum absolute atomic E-state index is 0.141. The number of rotatable bonds is 1. The Morgan fingerprint density at radius 1 is 0.958 bits per heavy atom.